The molecule has 0 aliphatic rings. The first-order chi connectivity index (χ1) is 15.4. The normalized spacial score (nSPS) is 12.8. The van der Waals surface area contributed by atoms with E-state index < -0.39 is 22.2 Å². The second-order valence-corrected chi connectivity index (χ2v) is 9.81. The zero-order valence-corrected chi connectivity index (χ0v) is 19.7. The molecule has 176 valence electrons. The number of halogens is 4. The highest BCUT2D eigenvalue weighted by Crippen LogP contribution is 2.35. The van der Waals surface area contributed by atoms with E-state index in [0.717, 1.165) is 19.3 Å². The van der Waals surface area contributed by atoms with Gasteiger partial charge >= 0.3 is 16.4 Å². The lowest BCUT2D eigenvalue weighted by molar-refractivity contribution is -0.145. The van der Waals surface area contributed by atoms with Crippen LogP contribution in [0.2, 0.25) is 0 Å². The van der Waals surface area contributed by atoms with Crippen molar-refractivity contribution in [3.05, 3.63) is 41.2 Å². The number of imidazole rings is 2. The Morgan fingerprint density at radius 3 is 2.61 bits per heavy atom. The van der Waals surface area contributed by atoms with Gasteiger partial charge in [0.2, 0.25) is 0 Å². The second-order valence-electron chi connectivity index (χ2n) is 6.91. The predicted molar refractivity (Wildman–Crippen MR) is 113 cm³/mol. The molecule has 0 aliphatic carbocycles. The Kier molecular flexibility index (Phi) is 5.80. The summed E-state index contributed by atoms with van der Waals surface area (Å²) in [6.07, 6.45) is -0.847. The van der Waals surface area contributed by atoms with Gasteiger partial charge in [0.25, 0.3) is 5.82 Å². The highest BCUT2D eigenvalue weighted by atomic mass is 79.9. The minimum absolute atomic E-state index is 0.00875. The van der Waals surface area contributed by atoms with Crippen molar-refractivity contribution >= 4 is 31.8 Å². The Morgan fingerprint density at radius 1 is 1.24 bits per heavy atom. The SMILES string of the molecule is COCn1nc(C(F)(F)F)nc1-c1nc2c(Br)cccn2c1-c1cn(S(=O)(=O)N(C)C)cn1. The lowest BCUT2D eigenvalue weighted by atomic mass is 10.2. The molecule has 0 amide bonds. The van der Waals surface area contributed by atoms with Crippen molar-refractivity contribution in [3.63, 3.8) is 0 Å². The number of hydrogen-bond acceptors (Lipinski definition) is 7. The lowest BCUT2D eigenvalue weighted by Crippen LogP contribution is -2.27. The monoisotopic (exact) mass is 548 g/mol. The summed E-state index contributed by atoms with van der Waals surface area (Å²) in [6, 6.07) is 3.38. The third kappa shape index (κ3) is 4.03. The maximum Gasteiger partial charge on any atom is 0.453 e. The average Bonchev–Trinajstić information content (AvgIpc) is 3.44. The molecule has 4 heterocycles. The molecule has 0 radical (unpaired) electrons. The number of pyridine rings is 1. The predicted octanol–water partition coefficient (Wildman–Crippen LogP) is 2.50. The molecule has 33 heavy (non-hydrogen) atoms. The van der Waals surface area contributed by atoms with Crippen LogP contribution in [0.1, 0.15) is 5.82 Å². The number of methoxy groups -OCH3 is 1. The van der Waals surface area contributed by atoms with Gasteiger partial charge in [-0.3, -0.25) is 4.40 Å². The fraction of sp³-hybridized carbons (Fsp3) is 0.294. The number of aromatic nitrogens is 7. The van der Waals surface area contributed by atoms with Crippen molar-refractivity contribution in [2.75, 3.05) is 21.2 Å². The van der Waals surface area contributed by atoms with Crippen molar-refractivity contribution < 1.29 is 26.3 Å². The Balaban J connectivity index is 2.01. The van der Waals surface area contributed by atoms with E-state index in [0.29, 0.717) is 10.1 Å². The van der Waals surface area contributed by atoms with Crippen LogP contribution < -0.4 is 0 Å². The zero-order chi connectivity index (χ0) is 24.1. The molecule has 0 bridgehead atoms. The molecule has 0 N–H and O–H groups in total. The van der Waals surface area contributed by atoms with Crippen molar-refractivity contribution in [1.29, 1.82) is 0 Å². The molecule has 16 heteroatoms. The van der Waals surface area contributed by atoms with E-state index in [1.807, 2.05) is 0 Å². The number of nitrogens with zero attached hydrogens (tertiary/aromatic N) is 8. The summed E-state index contributed by atoms with van der Waals surface area (Å²) in [5, 5.41) is 3.51. The van der Waals surface area contributed by atoms with Gasteiger partial charge in [-0.15, -0.1) is 5.10 Å². The van der Waals surface area contributed by atoms with Gasteiger partial charge in [-0.25, -0.2) is 23.6 Å². The highest BCUT2D eigenvalue weighted by molar-refractivity contribution is 9.10. The molecular formula is C17H16BrF3N8O3S. The van der Waals surface area contributed by atoms with Crippen LogP contribution in [-0.2, 0) is 27.9 Å². The first-order valence-electron chi connectivity index (χ1n) is 9.10. The van der Waals surface area contributed by atoms with Crippen molar-refractivity contribution in [3.8, 4) is 22.9 Å². The van der Waals surface area contributed by atoms with E-state index in [9.17, 15) is 21.6 Å². The summed E-state index contributed by atoms with van der Waals surface area (Å²) in [7, 11) is 0.145. The largest absolute Gasteiger partial charge is 0.453 e. The van der Waals surface area contributed by atoms with E-state index in [4.69, 9.17) is 4.74 Å². The summed E-state index contributed by atoms with van der Waals surface area (Å²) in [4.78, 5) is 12.3. The van der Waals surface area contributed by atoms with Gasteiger partial charge in [0.15, 0.2) is 11.5 Å². The lowest BCUT2D eigenvalue weighted by Gasteiger charge is -2.10. The molecule has 0 saturated carbocycles. The van der Waals surface area contributed by atoms with Gasteiger partial charge in [-0.2, -0.15) is 25.9 Å². The van der Waals surface area contributed by atoms with Crippen LogP contribution in [0, 0.1) is 0 Å². The Hall–Kier alpha value is -2.82. The number of alkyl halides is 3. The fourth-order valence-electron chi connectivity index (χ4n) is 3.03. The molecule has 0 aliphatic heterocycles. The van der Waals surface area contributed by atoms with Crippen LogP contribution >= 0.6 is 15.9 Å². The smallest absolute Gasteiger partial charge is 0.362 e. The molecular weight excluding hydrogens is 533 g/mol. The second kappa shape index (κ2) is 8.19. The van der Waals surface area contributed by atoms with Crippen LogP contribution in [0.3, 0.4) is 0 Å². The number of fused-ring (bicyclic) bond motifs is 1. The van der Waals surface area contributed by atoms with Crippen molar-refractivity contribution in [2.24, 2.45) is 0 Å². The molecule has 4 aromatic heterocycles. The Morgan fingerprint density at radius 2 is 1.97 bits per heavy atom. The standard InChI is InChI=1S/C17H16BrF3N8O3S/c1-26(2)33(30,31)27-7-11(22-8-27)13-12(23-14-10(18)5-4-6-28(13)14)15-24-16(17(19,20)21)25-29(15)9-32-3/h4-8H,9H2,1-3H3. The van der Waals surface area contributed by atoms with Gasteiger partial charge in [-0.05, 0) is 28.1 Å². The quantitative estimate of drug-likeness (QED) is 0.363. The number of ether oxygens (including phenoxy) is 1. The van der Waals surface area contributed by atoms with E-state index >= 15 is 0 Å². The summed E-state index contributed by atoms with van der Waals surface area (Å²) in [6.45, 7) is -0.323. The summed E-state index contributed by atoms with van der Waals surface area (Å²) in [5.41, 5.74) is 0.724. The molecule has 0 atom stereocenters. The molecule has 0 fully saturated rings. The first-order valence-corrected chi connectivity index (χ1v) is 11.3. The number of rotatable bonds is 6. The Bertz CT molecular complexity index is 1440. The summed E-state index contributed by atoms with van der Waals surface area (Å²) in [5.74, 6) is -1.59. The van der Waals surface area contributed by atoms with Crippen LogP contribution in [0.5, 0.6) is 0 Å². The third-order valence-electron chi connectivity index (χ3n) is 4.52. The topological polar surface area (TPSA) is 112 Å². The van der Waals surface area contributed by atoms with Crippen LogP contribution in [0.25, 0.3) is 28.6 Å². The molecule has 0 saturated heterocycles. The Labute approximate surface area is 193 Å². The summed E-state index contributed by atoms with van der Waals surface area (Å²) < 4.78 is 74.9. The van der Waals surface area contributed by atoms with E-state index in [1.54, 1.807) is 22.7 Å². The van der Waals surface area contributed by atoms with Gasteiger partial charge in [0.1, 0.15) is 30.1 Å². The average molecular weight is 549 g/mol. The minimum atomic E-state index is -4.80. The van der Waals surface area contributed by atoms with Gasteiger partial charge in [0.05, 0.1) is 10.7 Å². The van der Waals surface area contributed by atoms with Gasteiger partial charge in [0, 0.05) is 27.4 Å². The fourth-order valence-corrected chi connectivity index (χ4v) is 4.24. The van der Waals surface area contributed by atoms with Crippen molar-refractivity contribution in [2.45, 2.75) is 12.9 Å². The number of hydrogen-bond donors (Lipinski definition) is 0. The molecule has 0 spiro atoms. The molecule has 4 aromatic rings. The van der Waals surface area contributed by atoms with E-state index in [2.05, 4.69) is 36.0 Å². The van der Waals surface area contributed by atoms with E-state index in [1.165, 1.54) is 27.4 Å². The maximum absolute atomic E-state index is 13.3. The van der Waals surface area contributed by atoms with Gasteiger partial charge in [-0.1, -0.05) is 0 Å². The van der Waals surface area contributed by atoms with Crippen LogP contribution in [0.15, 0.2) is 35.3 Å². The highest BCUT2D eigenvalue weighted by Gasteiger charge is 2.38. The molecule has 11 nitrogen and oxygen atoms in total. The molecule has 0 unspecified atom stereocenters. The van der Waals surface area contributed by atoms with Crippen LogP contribution in [-0.4, -0.2) is 67.0 Å². The van der Waals surface area contributed by atoms with Crippen LogP contribution in [0.4, 0.5) is 13.2 Å². The first kappa shape index (κ1) is 23.3. The van der Waals surface area contributed by atoms with Gasteiger partial charge < -0.3 is 4.74 Å². The third-order valence-corrected chi connectivity index (χ3v) is 6.80. The van der Waals surface area contributed by atoms with Crippen molar-refractivity contribution in [1.82, 2.24) is 37.4 Å². The molecule has 4 rings (SSSR count). The maximum atomic E-state index is 13.3. The summed E-state index contributed by atoms with van der Waals surface area (Å²) >= 11 is 3.37. The minimum Gasteiger partial charge on any atom is -0.362 e. The zero-order valence-electron chi connectivity index (χ0n) is 17.3. The van der Waals surface area contributed by atoms with E-state index in [-0.39, 0.29) is 29.6 Å². The molecule has 0 aromatic carbocycles.